The first-order valence-corrected chi connectivity index (χ1v) is 13.1. The number of esters is 1. The van der Waals surface area contributed by atoms with E-state index in [0.717, 1.165) is 11.3 Å². The minimum atomic E-state index is -0.665. The van der Waals surface area contributed by atoms with Crippen molar-refractivity contribution in [1.29, 1.82) is 0 Å². The molecule has 1 heterocycles. The Morgan fingerprint density at radius 2 is 1.64 bits per heavy atom. The summed E-state index contributed by atoms with van der Waals surface area (Å²) in [5.74, 6) is 1.18. The second-order valence-corrected chi connectivity index (χ2v) is 9.86. The molecule has 0 spiro atoms. The van der Waals surface area contributed by atoms with E-state index in [-0.39, 0.29) is 24.2 Å². The van der Waals surface area contributed by atoms with Gasteiger partial charge in [0, 0.05) is 29.0 Å². The Morgan fingerprint density at radius 1 is 0.949 bits per heavy atom. The van der Waals surface area contributed by atoms with E-state index >= 15 is 0 Å². The lowest BCUT2D eigenvalue weighted by Crippen LogP contribution is -2.36. The first-order chi connectivity index (χ1) is 18.8. The number of nitrogens with one attached hydrogen (secondary N) is 1. The van der Waals surface area contributed by atoms with Gasteiger partial charge in [0.2, 0.25) is 0 Å². The molecule has 0 saturated heterocycles. The molecule has 0 amide bonds. The number of methoxy groups -OCH3 is 4. The summed E-state index contributed by atoms with van der Waals surface area (Å²) in [6, 6.07) is 11.2. The number of rotatable bonds is 9. The zero-order valence-corrected chi connectivity index (χ0v) is 23.7. The molecular formula is C31H37NO7. The highest BCUT2D eigenvalue weighted by molar-refractivity contribution is 6.04. The highest BCUT2D eigenvalue weighted by atomic mass is 16.5. The number of ketones is 1. The topological polar surface area (TPSA) is 92.3 Å². The first kappa shape index (κ1) is 28.1. The third-order valence-corrected chi connectivity index (χ3v) is 7.56. The lowest BCUT2D eigenvalue weighted by Gasteiger charge is -2.37. The molecule has 0 bridgehead atoms. The van der Waals surface area contributed by atoms with Crippen LogP contribution >= 0.6 is 0 Å². The maximum absolute atomic E-state index is 14.0. The van der Waals surface area contributed by atoms with Crippen molar-refractivity contribution in [2.24, 2.45) is 0 Å². The van der Waals surface area contributed by atoms with Crippen molar-refractivity contribution in [1.82, 2.24) is 5.32 Å². The van der Waals surface area contributed by atoms with Gasteiger partial charge < -0.3 is 29.0 Å². The highest BCUT2D eigenvalue weighted by Crippen LogP contribution is 2.49. The molecule has 8 nitrogen and oxygen atoms in total. The molecule has 0 radical (unpaired) electrons. The van der Waals surface area contributed by atoms with Crippen LogP contribution < -0.4 is 24.3 Å². The second-order valence-electron chi connectivity index (χ2n) is 9.86. The summed E-state index contributed by atoms with van der Waals surface area (Å²) in [7, 11) is 6.34. The third kappa shape index (κ3) is 5.46. The van der Waals surface area contributed by atoms with Crippen LogP contribution in [0.15, 0.2) is 58.9 Å². The molecule has 208 valence electrons. The zero-order valence-electron chi connectivity index (χ0n) is 23.7. The minimum absolute atomic E-state index is 0.0419. The van der Waals surface area contributed by atoms with E-state index in [1.54, 1.807) is 40.6 Å². The molecular weight excluding hydrogens is 498 g/mol. The number of carbonyl (C=O) groups is 2. The Labute approximate surface area is 229 Å². The fraction of sp³-hybridized carbons (Fsp3) is 0.419. The van der Waals surface area contributed by atoms with Gasteiger partial charge in [-0.1, -0.05) is 13.0 Å². The number of hydrogen-bond donors (Lipinski definition) is 1. The number of ether oxygens (including phenoxy) is 5. The predicted molar refractivity (Wildman–Crippen MR) is 148 cm³/mol. The van der Waals surface area contributed by atoms with Crippen LogP contribution in [0.3, 0.4) is 0 Å². The zero-order chi connectivity index (χ0) is 28.3. The van der Waals surface area contributed by atoms with Crippen molar-refractivity contribution in [3.8, 4) is 23.0 Å². The standard InChI is InChI=1S/C31H37NO7/c1-8-17(2)39-31(34)28-18(3)32-23-13-20(19-9-11-26(37-6)27(15-19)38-7)14-24(33)30(23)29(28)22-16-21(35-4)10-12-25(22)36-5/h9-12,15-17,20,29,32H,8,13-14H2,1-7H3/t17-,20-,29-/m1/s1. The van der Waals surface area contributed by atoms with E-state index in [1.807, 2.05) is 45.0 Å². The van der Waals surface area contributed by atoms with E-state index in [9.17, 15) is 9.59 Å². The predicted octanol–water partition coefficient (Wildman–Crippen LogP) is 5.42. The van der Waals surface area contributed by atoms with Gasteiger partial charge in [-0.3, -0.25) is 4.79 Å². The van der Waals surface area contributed by atoms with Crippen LogP contribution in [-0.2, 0) is 14.3 Å². The fourth-order valence-electron chi connectivity index (χ4n) is 5.36. The van der Waals surface area contributed by atoms with Gasteiger partial charge in [-0.15, -0.1) is 0 Å². The molecule has 0 aromatic heterocycles. The van der Waals surface area contributed by atoms with Gasteiger partial charge in [0.1, 0.15) is 11.5 Å². The largest absolute Gasteiger partial charge is 0.497 e. The lowest BCUT2D eigenvalue weighted by atomic mass is 9.71. The Morgan fingerprint density at radius 3 is 2.28 bits per heavy atom. The molecule has 3 atom stereocenters. The Balaban J connectivity index is 1.83. The lowest BCUT2D eigenvalue weighted by molar-refractivity contribution is -0.144. The van der Waals surface area contributed by atoms with Gasteiger partial charge in [-0.25, -0.2) is 4.79 Å². The van der Waals surface area contributed by atoms with Crippen molar-refractivity contribution in [3.05, 3.63) is 70.1 Å². The summed E-state index contributed by atoms with van der Waals surface area (Å²) in [5, 5.41) is 3.40. The smallest absolute Gasteiger partial charge is 0.337 e. The Bertz CT molecular complexity index is 1330. The summed E-state index contributed by atoms with van der Waals surface area (Å²) >= 11 is 0. The van der Waals surface area contributed by atoms with Gasteiger partial charge in [-0.05, 0) is 68.5 Å². The maximum atomic E-state index is 14.0. The quantitative estimate of drug-likeness (QED) is 0.426. The SMILES string of the molecule is CC[C@@H](C)OC(=O)C1=C(C)NC2=C(C(=O)C[C@H](c3ccc(OC)c(OC)c3)C2)[C@@H]1c1cc(OC)ccc1OC. The van der Waals surface area contributed by atoms with Crippen LogP contribution in [0.5, 0.6) is 23.0 Å². The average Bonchev–Trinajstić information content (AvgIpc) is 2.95. The number of allylic oxidation sites excluding steroid dienone is 3. The molecule has 2 aliphatic rings. The molecule has 0 fully saturated rings. The molecule has 1 N–H and O–H groups in total. The van der Waals surface area contributed by atoms with Crippen LogP contribution in [-0.4, -0.2) is 46.3 Å². The first-order valence-electron chi connectivity index (χ1n) is 13.1. The summed E-state index contributed by atoms with van der Waals surface area (Å²) in [4.78, 5) is 27.5. The van der Waals surface area contributed by atoms with E-state index < -0.39 is 11.9 Å². The minimum Gasteiger partial charge on any atom is -0.497 e. The van der Waals surface area contributed by atoms with Crippen molar-refractivity contribution >= 4 is 11.8 Å². The van der Waals surface area contributed by atoms with Gasteiger partial charge in [-0.2, -0.15) is 0 Å². The van der Waals surface area contributed by atoms with Gasteiger partial charge in [0.05, 0.1) is 46.0 Å². The highest BCUT2D eigenvalue weighted by Gasteiger charge is 2.43. The van der Waals surface area contributed by atoms with Crippen molar-refractivity contribution in [3.63, 3.8) is 0 Å². The van der Waals surface area contributed by atoms with Crippen molar-refractivity contribution < 1.29 is 33.3 Å². The molecule has 2 aromatic carbocycles. The summed E-state index contributed by atoms with van der Waals surface area (Å²) in [6.45, 7) is 5.66. The molecule has 8 heteroatoms. The van der Waals surface area contributed by atoms with Gasteiger partial charge in [0.15, 0.2) is 17.3 Å². The van der Waals surface area contributed by atoms with Gasteiger partial charge >= 0.3 is 5.97 Å². The number of hydrogen-bond acceptors (Lipinski definition) is 8. The second kappa shape index (κ2) is 11.8. The number of benzene rings is 2. The molecule has 0 saturated carbocycles. The van der Waals surface area contributed by atoms with Crippen LogP contribution in [0.1, 0.15) is 63.0 Å². The van der Waals surface area contributed by atoms with E-state index in [4.69, 9.17) is 23.7 Å². The molecule has 39 heavy (non-hydrogen) atoms. The van der Waals surface area contributed by atoms with Gasteiger partial charge in [0.25, 0.3) is 0 Å². The summed E-state index contributed by atoms with van der Waals surface area (Å²) in [5.41, 5.74) is 4.06. The van der Waals surface area contributed by atoms with Crippen LogP contribution in [0.25, 0.3) is 0 Å². The molecule has 0 unspecified atom stereocenters. The fourth-order valence-corrected chi connectivity index (χ4v) is 5.36. The van der Waals surface area contributed by atoms with Crippen molar-refractivity contribution in [2.75, 3.05) is 28.4 Å². The van der Waals surface area contributed by atoms with Crippen LogP contribution in [0.2, 0.25) is 0 Å². The number of dihydropyridines is 1. The Hall–Kier alpha value is -3.94. The van der Waals surface area contributed by atoms with Crippen LogP contribution in [0, 0.1) is 0 Å². The monoisotopic (exact) mass is 535 g/mol. The van der Waals surface area contributed by atoms with E-state index in [0.29, 0.717) is 58.2 Å². The van der Waals surface area contributed by atoms with E-state index in [2.05, 4.69) is 5.32 Å². The average molecular weight is 536 g/mol. The normalized spacial score (nSPS) is 19.6. The molecule has 2 aromatic rings. The number of carbonyl (C=O) groups excluding carboxylic acids is 2. The Kier molecular flexibility index (Phi) is 8.53. The number of Topliss-reactive ketones (excluding diaryl/α,β-unsaturated/α-hetero) is 1. The van der Waals surface area contributed by atoms with Crippen molar-refractivity contribution in [2.45, 2.75) is 58.0 Å². The summed E-state index contributed by atoms with van der Waals surface area (Å²) < 4.78 is 27.9. The molecule has 4 rings (SSSR count). The molecule has 1 aliphatic heterocycles. The van der Waals surface area contributed by atoms with Crippen LogP contribution in [0.4, 0.5) is 0 Å². The summed E-state index contributed by atoms with van der Waals surface area (Å²) in [6.07, 6.45) is 1.28. The maximum Gasteiger partial charge on any atom is 0.337 e. The third-order valence-electron chi connectivity index (χ3n) is 7.56. The van der Waals surface area contributed by atoms with E-state index in [1.165, 1.54) is 0 Å². The molecule has 1 aliphatic carbocycles.